The average Bonchev–Trinajstić information content (AvgIpc) is 2.72. The lowest BCUT2D eigenvalue weighted by Gasteiger charge is -2.15. The number of nitrogens with zero attached hydrogens (tertiary/aromatic N) is 2. The van der Waals surface area contributed by atoms with Gasteiger partial charge in [0.15, 0.2) is 0 Å². The molecular formula is C15H21N3O3S. The Morgan fingerprint density at radius 3 is 2.27 bits per heavy atom. The van der Waals surface area contributed by atoms with E-state index >= 15 is 0 Å². The van der Waals surface area contributed by atoms with Crippen LogP contribution in [0.25, 0.3) is 0 Å². The van der Waals surface area contributed by atoms with Crippen molar-refractivity contribution in [3.05, 3.63) is 41.2 Å². The lowest BCUT2D eigenvalue weighted by atomic mass is 10.1. The molecule has 0 bridgehead atoms. The number of methoxy groups -OCH3 is 1. The van der Waals surface area contributed by atoms with Gasteiger partial charge in [0.2, 0.25) is 10.0 Å². The van der Waals surface area contributed by atoms with E-state index in [2.05, 4.69) is 9.82 Å². The van der Waals surface area contributed by atoms with Crippen molar-refractivity contribution in [2.75, 3.05) is 7.11 Å². The van der Waals surface area contributed by atoms with Crippen molar-refractivity contribution in [2.45, 2.75) is 31.7 Å². The molecular weight excluding hydrogens is 302 g/mol. The molecule has 1 heterocycles. The summed E-state index contributed by atoms with van der Waals surface area (Å²) in [6.07, 6.45) is 0. The van der Waals surface area contributed by atoms with E-state index in [0.717, 1.165) is 11.3 Å². The second-order valence-electron chi connectivity index (χ2n) is 5.24. The van der Waals surface area contributed by atoms with Gasteiger partial charge in [0, 0.05) is 13.1 Å². The van der Waals surface area contributed by atoms with Crippen molar-refractivity contribution in [3.63, 3.8) is 0 Å². The van der Waals surface area contributed by atoms with Crippen LogP contribution in [0.4, 0.5) is 0 Å². The molecule has 1 unspecified atom stereocenters. The Morgan fingerprint density at radius 1 is 1.23 bits per heavy atom. The topological polar surface area (TPSA) is 73.2 Å². The molecule has 0 saturated carbocycles. The van der Waals surface area contributed by atoms with Gasteiger partial charge in [0.25, 0.3) is 0 Å². The highest BCUT2D eigenvalue weighted by atomic mass is 32.2. The molecule has 0 saturated heterocycles. The van der Waals surface area contributed by atoms with E-state index in [9.17, 15) is 8.42 Å². The van der Waals surface area contributed by atoms with Gasteiger partial charge in [-0.1, -0.05) is 12.1 Å². The van der Waals surface area contributed by atoms with E-state index in [4.69, 9.17) is 4.74 Å². The maximum atomic E-state index is 12.6. The average molecular weight is 323 g/mol. The monoisotopic (exact) mass is 323 g/mol. The van der Waals surface area contributed by atoms with E-state index in [1.54, 1.807) is 51.7 Å². The Hall–Kier alpha value is -1.86. The molecule has 1 atom stereocenters. The summed E-state index contributed by atoms with van der Waals surface area (Å²) in [6, 6.07) is 6.95. The number of nitrogens with one attached hydrogen (secondary N) is 1. The number of benzene rings is 1. The molecule has 1 N–H and O–H groups in total. The van der Waals surface area contributed by atoms with E-state index in [1.807, 2.05) is 12.1 Å². The third kappa shape index (κ3) is 3.15. The van der Waals surface area contributed by atoms with Gasteiger partial charge < -0.3 is 4.74 Å². The first-order valence-corrected chi connectivity index (χ1v) is 8.41. The lowest BCUT2D eigenvalue weighted by molar-refractivity contribution is 0.414. The first-order chi connectivity index (χ1) is 10.3. The van der Waals surface area contributed by atoms with Crippen LogP contribution in [0.3, 0.4) is 0 Å². The fraction of sp³-hybridized carbons (Fsp3) is 0.400. The highest BCUT2D eigenvalue weighted by Gasteiger charge is 2.25. The van der Waals surface area contributed by atoms with Crippen molar-refractivity contribution >= 4 is 10.0 Å². The second-order valence-corrected chi connectivity index (χ2v) is 6.89. The van der Waals surface area contributed by atoms with Gasteiger partial charge in [-0.15, -0.1) is 0 Å². The first-order valence-electron chi connectivity index (χ1n) is 6.92. The minimum absolute atomic E-state index is 0.246. The third-order valence-corrected chi connectivity index (χ3v) is 5.45. The molecule has 2 rings (SSSR count). The van der Waals surface area contributed by atoms with Crippen LogP contribution in [-0.2, 0) is 17.1 Å². The number of aromatic nitrogens is 2. The molecule has 1 aromatic carbocycles. The minimum Gasteiger partial charge on any atom is -0.497 e. The van der Waals surface area contributed by atoms with Crippen molar-refractivity contribution in [3.8, 4) is 5.75 Å². The Bertz CT molecular complexity index is 764. The molecule has 6 nitrogen and oxygen atoms in total. The molecule has 0 spiro atoms. The second kappa shape index (κ2) is 6.10. The molecule has 120 valence electrons. The fourth-order valence-corrected chi connectivity index (χ4v) is 4.07. The SMILES string of the molecule is COc1ccc(C(C)NS(=O)(=O)c2c(C)nn(C)c2C)cc1. The summed E-state index contributed by atoms with van der Waals surface area (Å²) < 4.78 is 34.6. The van der Waals surface area contributed by atoms with Gasteiger partial charge in [0.05, 0.1) is 18.5 Å². The van der Waals surface area contributed by atoms with Gasteiger partial charge >= 0.3 is 0 Å². The summed E-state index contributed by atoms with van der Waals surface area (Å²) in [6.45, 7) is 5.24. The highest BCUT2D eigenvalue weighted by Crippen LogP contribution is 2.23. The molecule has 2 aromatic rings. The zero-order valence-corrected chi connectivity index (χ0v) is 14.2. The molecule has 0 aliphatic rings. The Morgan fingerprint density at radius 2 is 1.82 bits per heavy atom. The van der Waals surface area contributed by atoms with Crippen LogP contribution in [0.1, 0.15) is 29.9 Å². The number of aryl methyl sites for hydroxylation is 2. The van der Waals surface area contributed by atoms with Crippen LogP contribution < -0.4 is 9.46 Å². The van der Waals surface area contributed by atoms with Crippen molar-refractivity contribution < 1.29 is 13.2 Å². The Labute approximate surface area is 131 Å². The maximum absolute atomic E-state index is 12.6. The molecule has 0 radical (unpaired) electrons. The number of hydrogen-bond donors (Lipinski definition) is 1. The predicted octanol–water partition coefficient (Wildman–Crippen LogP) is 2.09. The molecule has 22 heavy (non-hydrogen) atoms. The summed E-state index contributed by atoms with van der Waals surface area (Å²) >= 11 is 0. The number of hydrogen-bond acceptors (Lipinski definition) is 4. The van der Waals surface area contributed by atoms with E-state index in [0.29, 0.717) is 11.4 Å². The fourth-order valence-electron chi connectivity index (χ4n) is 2.40. The van der Waals surface area contributed by atoms with E-state index in [1.165, 1.54) is 0 Å². The Kier molecular flexibility index (Phi) is 4.58. The molecule has 0 aliphatic heterocycles. The maximum Gasteiger partial charge on any atom is 0.244 e. The van der Waals surface area contributed by atoms with Crippen LogP contribution in [0.2, 0.25) is 0 Å². The van der Waals surface area contributed by atoms with Crippen LogP contribution in [0.5, 0.6) is 5.75 Å². The summed E-state index contributed by atoms with van der Waals surface area (Å²) in [4.78, 5) is 0.246. The van der Waals surface area contributed by atoms with Crippen molar-refractivity contribution in [2.24, 2.45) is 7.05 Å². The summed E-state index contributed by atoms with van der Waals surface area (Å²) in [5, 5.41) is 4.16. The first kappa shape index (κ1) is 16.5. The highest BCUT2D eigenvalue weighted by molar-refractivity contribution is 7.89. The van der Waals surface area contributed by atoms with Gasteiger partial charge in [-0.25, -0.2) is 13.1 Å². The zero-order valence-electron chi connectivity index (χ0n) is 13.4. The van der Waals surface area contributed by atoms with Crippen molar-refractivity contribution in [1.82, 2.24) is 14.5 Å². The quantitative estimate of drug-likeness (QED) is 0.914. The van der Waals surface area contributed by atoms with Gasteiger partial charge in [-0.3, -0.25) is 4.68 Å². The lowest BCUT2D eigenvalue weighted by Crippen LogP contribution is -2.27. The standard InChI is InChI=1S/C15H21N3O3S/c1-10(13-6-8-14(21-5)9-7-13)17-22(19,20)15-11(2)16-18(4)12(15)3/h6-10,17H,1-5H3. The van der Waals surface area contributed by atoms with Gasteiger partial charge in [-0.05, 0) is 38.5 Å². The largest absolute Gasteiger partial charge is 0.497 e. The molecule has 0 aliphatic carbocycles. The Balaban J connectivity index is 2.27. The van der Waals surface area contributed by atoms with Crippen LogP contribution in [0, 0.1) is 13.8 Å². The normalized spacial score (nSPS) is 13.1. The van der Waals surface area contributed by atoms with E-state index in [-0.39, 0.29) is 10.9 Å². The number of rotatable bonds is 5. The number of sulfonamides is 1. The van der Waals surface area contributed by atoms with E-state index < -0.39 is 10.0 Å². The smallest absolute Gasteiger partial charge is 0.244 e. The molecule has 0 amide bonds. The van der Waals surface area contributed by atoms with Gasteiger partial charge in [0.1, 0.15) is 10.6 Å². The van der Waals surface area contributed by atoms with Crippen LogP contribution in [-0.4, -0.2) is 25.3 Å². The number of ether oxygens (including phenoxy) is 1. The summed E-state index contributed by atoms with van der Waals surface area (Å²) in [5.41, 5.74) is 1.98. The van der Waals surface area contributed by atoms with Crippen LogP contribution in [0.15, 0.2) is 29.2 Å². The molecule has 1 aromatic heterocycles. The third-order valence-electron chi connectivity index (χ3n) is 3.66. The summed E-state index contributed by atoms with van der Waals surface area (Å²) in [7, 11) is -0.306. The predicted molar refractivity (Wildman–Crippen MR) is 84.4 cm³/mol. The van der Waals surface area contributed by atoms with Gasteiger partial charge in [-0.2, -0.15) is 5.10 Å². The zero-order chi connectivity index (χ0) is 16.5. The minimum atomic E-state index is -3.63. The van der Waals surface area contributed by atoms with Crippen LogP contribution >= 0.6 is 0 Å². The molecule has 7 heteroatoms. The summed E-state index contributed by atoms with van der Waals surface area (Å²) in [5.74, 6) is 0.734. The molecule has 0 fully saturated rings. The van der Waals surface area contributed by atoms with Crippen molar-refractivity contribution in [1.29, 1.82) is 0 Å².